The fourth-order valence-corrected chi connectivity index (χ4v) is 4.42. The average molecular weight is 346 g/mol. The van der Waals surface area contributed by atoms with Gasteiger partial charge < -0.3 is 14.8 Å². The van der Waals surface area contributed by atoms with Crippen molar-refractivity contribution in [2.24, 2.45) is 5.92 Å². The fourth-order valence-electron chi connectivity index (χ4n) is 4.42. The summed E-state index contributed by atoms with van der Waals surface area (Å²) in [6.07, 6.45) is 11.2. The molecule has 0 unspecified atom stereocenters. The summed E-state index contributed by atoms with van der Waals surface area (Å²) in [4.78, 5) is 31.2. The third-order valence-electron chi connectivity index (χ3n) is 5.66. The van der Waals surface area contributed by atoms with E-state index in [0.717, 1.165) is 57.3 Å². The lowest BCUT2D eigenvalue weighted by Crippen LogP contribution is -2.53. The normalized spacial score (nSPS) is 22.8. The van der Waals surface area contributed by atoms with Crippen LogP contribution in [-0.2, 0) is 16.0 Å². The highest BCUT2D eigenvalue weighted by Crippen LogP contribution is 2.30. The molecule has 0 radical (unpaired) electrons. The summed E-state index contributed by atoms with van der Waals surface area (Å²) in [5, 5.41) is 2.94. The number of piperidine rings is 1. The van der Waals surface area contributed by atoms with Crippen LogP contribution in [0.5, 0.6) is 0 Å². The van der Waals surface area contributed by atoms with E-state index in [2.05, 4.69) is 21.8 Å². The van der Waals surface area contributed by atoms with Crippen LogP contribution in [-0.4, -0.2) is 45.4 Å². The highest BCUT2D eigenvalue weighted by Gasteiger charge is 2.36. The molecule has 0 bridgehead atoms. The van der Waals surface area contributed by atoms with E-state index >= 15 is 0 Å². The summed E-state index contributed by atoms with van der Waals surface area (Å²) in [5.74, 6) is 1.36. The number of aromatic nitrogens is 2. The largest absolute Gasteiger partial charge is 0.344 e. The zero-order chi connectivity index (χ0) is 17.8. The topological polar surface area (TPSA) is 67.2 Å². The van der Waals surface area contributed by atoms with E-state index in [1.807, 2.05) is 17.3 Å². The zero-order valence-corrected chi connectivity index (χ0v) is 15.4. The van der Waals surface area contributed by atoms with Crippen LogP contribution in [0.3, 0.4) is 0 Å². The molecule has 6 nitrogen and oxygen atoms in total. The van der Waals surface area contributed by atoms with Crippen molar-refractivity contribution in [2.45, 2.75) is 70.9 Å². The van der Waals surface area contributed by atoms with Gasteiger partial charge in [-0.3, -0.25) is 9.59 Å². The Balaban J connectivity index is 1.72. The molecule has 1 aliphatic heterocycles. The molecule has 6 heteroatoms. The molecule has 2 heterocycles. The van der Waals surface area contributed by atoms with Gasteiger partial charge in [0.2, 0.25) is 11.8 Å². The molecule has 2 atom stereocenters. The smallest absolute Gasteiger partial charge is 0.245 e. The molecule has 2 fully saturated rings. The van der Waals surface area contributed by atoms with Gasteiger partial charge in [-0.1, -0.05) is 19.8 Å². The Labute approximate surface area is 150 Å². The molecule has 3 rings (SSSR count). The molecule has 1 N–H and O–H groups in total. The minimum absolute atomic E-state index is 0.102. The summed E-state index contributed by atoms with van der Waals surface area (Å²) < 4.78 is 2.22. The van der Waals surface area contributed by atoms with Crippen LogP contribution in [0.1, 0.15) is 64.2 Å². The van der Waals surface area contributed by atoms with Crippen molar-refractivity contribution in [1.82, 2.24) is 19.8 Å². The van der Waals surface area contributed by atoms with Crippen molar-refractivity contribution in [2.75, 3.05) is 13.1 Å². The van der Waals surface area contributed by atoms with Gasteiger partial charge in [0.1, 0.15) is 11.9 Å². The van der Waals surface area contributed by atoms with Crippen molar-refractivity contribution >= 4 is 11.8 Å². The number of likely N-dealkylation sites (tertiary alicyclic amines) is 1. The molecule has 1 aromatic heterocycles. The van der Waals surface area contributed by atoms with Crippen LogP contribution in [0.4, 0.5) is 0 Å². The number of rotatable bonds is 5. The van der Waals surface area contributed by atoms with Crippen LogP contribution in [0.25, 0.3) is 0 Å². The van der Waals surface area contributed by atoms with Crippen molar-refractivity contribution in [1.29, 1.82) is 0 Å². The molecule has 2 amide bonds. The summed E-state index contributed by atoms with van der Waals surface area (Å²) >= 11 is 0. The van der Waals surface area contributed by atoms with Crippen LogP contribution in [0, 0.1) is 5.92 Å². The Bertz CT molecular complexity index is 606. The van der Waals surface area contributed by atoms with E-state index in [-0.39, 0.29) is 29.8 Å². The van der Waals surface area contributed by atoms with Gasteiger partial charge >= 0.3 is 0 Å². The van der Waals surface area contributed by atoms with Gasteiger partial charge in [-0.05, 0) is 31.6 Å². The first-order valence-corrected chi connectivity index (χ1v) is 9.67. The van der Waals surface area contributed by atoms with E-state index < -0.39 is 0 Å². The maximum atomic E-state index is 13.2. The lowest BCUT2D eigenvalue weighted by molar-refractivity contribution is -0.139. The predicted molar refractivity (Wildman–Crippen MR) is 96.0 cm³/mol. The van der Waals surface area contributed by atoms with Crippen LogP contribution >= 0.6 is 0 Å². The summed E-state index contributed by atoms with van der Waals surface area (Å²) in [6, 6.07) is -0.0658. The Morgan fingerprint density at radius 2 is 2.04 bits per heavy atom. The number of carbonyl (C=O) groups excluding carboxylic acids is 2. The van der Waals surface area contributed by atoms with Crippen molar-refractivity contribution in [3.05, 3.63) is 18.2 Å². The summed E-state index contributed by atoms with van der Waals surface area (Å²) in [5.41, 5.74) is 0. The number of nitrogens with zero attached hydrogens (tertiary/aromatic N) is 3. The Morgan fingerprint density at radius 1 is 1.28 bits per heavy atom. The van der Waals surface area contributed by atoms with E-state index in [0.29, 0.717) is 6.54 Å². The van der Waals surface area contributed by atoms with Gasteiger partial charge in [-0.15, -0.1) is 0 Å². The summed E-state index contributed by atoms with van der Waals surface area (Å²) in [7, 11) is 0. The second-order valence-electron chi connectivity index (χ2n) is 7.41. The monoisotopic (exact) mass is 346 g/mol. The Morgan fingerprint density at radius 3 is 2.72 bits per heavy atom. The van der Waals surface area contributed by atoms with Crippen LogP contribution in [0.15, 0.2) is 12.4 Å². The third-order valence-corrected chi connectivity index (χ3v) is 5.66. The van der Waals surface area contributed by atoms with E-state index in [9.17, 15) is 9.59 Å². The summed E-state index contributed by atoms with van der Waals surface area (Å²) in [6.45, 7) is 5.12. The van der Waals surface area contributed by atoms with Gasteiger partial charge in [0.25, 0.3) is 0 Å². The van der Waals surface area contributed by atoms with Gasteiger partial charge in [0.15, 0.2) is 0 Å². The number of hydrogen-bond donors (Lipinski definition) is 1. The number of aryl methyl sites for hydroxylation is 1. The molecule has 138 valence electrons. The van der Waals surface area contributed by atoms with E-state index in [1.54, 1.807) is 0 Å². The minimum Gasteiger partial charge on any atom is -0.344 e. The van der Waals surface area contributed by atoms with E-state index in [1.165, 1.54) is 6.92 Å². The maximum absolute atomic E-state index is 13.2. The zero-order valence-electron chi connectivity index (χ0n) is 15.4. The number of carbonyl (C=O) groups is 2. The first-order valence-electron chi connectivity index (χ1n) is 9.67. The Kier molecular flexibility index (Phi) is 5.76. The van der Waals surface area contributed by atoms with Crippen LogP contribution in [0.2, 0.25) is 0 Å². The fraction of sp³-hybridized carbons (Fsp3) is 0.737. The average Bonchev–Trinajstić information content (AvgIpc) is 3.30. The molecule has 0 spiro atoms. The molecule has 25 heavy (non-hydrogen) atoms. The number of hydrogen-bond acceptors (Lipinski definition) is 3. The quantitative estimate of drug-likeness (QED) is 0.889. The van der Waals surface area contributed by atoms with Gasteiger partial charge in [0.05, 0.1) is 6.04 Å². The van der Waals surface area contributed by atoms with Gasteiger partial charge in [-0.2, -0.15) is 0 Å². The lowest BCUT2D eigenvalue weighted by atomic mass is 9.95. The minimum atomic E-state index is -0.354. The van der Waals surface area contributed by atoms with E-state index in [4.69, 9.17) is 0 Å². The first-order chi connectivity index (χ1) is 12.1. The molecule has 1 saturated heterocycles. The van der Waals surface area contributed by atoms with Crippen molar-refractivity contribution in [3.8, 4) is 0 Å². The predicted octanol–water partition coefficient (Wildman–Crippen LogP) is 2.30. The van der Waals surface area contributed by atoms with Crippen molar-refractivity contribution < 1.29 is 9.59 Å². The van der Waals surface area contributed by atoms with Crippen LogP contribution < -0.4 is 5.32 Å². The second-order valence-corrected chi connectivity index (χ2v) is 7.41. The number of nitrogens with one attached hydrogen (secondary N) is 1. The maximum Gasteiger partial charge on any atom is 0.245 e. The number of imidazole rings is 1. The molecule has 1 aliphatic carbocycles. The second kappa shape index (κ2) is 8.02. The molecule has 1 saturated carbocycles. The molecule has 2 aliphatic rings. The van der Waals surface area contributed by atoms with Gasteiger partial charge in [0, 0.05) is 38.8 Å². The SMILES string of the molecule is CCc1nccn1[C@H]1CCCN(C(=O)[C@H](NC(C)=O)C2CCCC2)C1. The highest BCUT2D eigenvalue weighted by atomic mass is 16.2. The standard InChI is InChI=1S/C19H30N4O2/c1-3-17-20-10-12-23(17)16-9-6-11-22(13-16)19(25)18(21-14(2)24)15-7-4-5-8-15/h10,12,15-16,18H,3-9,11,13H2,1-2H3,(H,21,24)/t16-,18+/m0/s1. The van der Waals surface area contributed by atoms with Gasteiger partial charge in [-0.25, -0.2) is 4.98 Å². The lowest BCUT2D eigenvalue weighted by Gasteiger charge is -2.37. The molecular formula is C19H30N4O2. The number of amides is 2. The van der Waals surface area contributed by atoms with Crippen molar-refractivity contribution in [3.63, 3.8) is 0 Å². The molecule has 0 aromatic carbocycles. The molecular weight excluding hydrogens is 316 g/mol. The third kappa shape index (κ3) is 4.05. The molecule has 1 aromatic rings. The first kappa shape index (κ1) is 18.0. The Hall–Kier alpha value is -1.85. The highest BCUT2D eigenvalue weighted by molar-refractivity contribution is 5.87.